The van der Waals surface area contributed by atoms with Crippen molar-refractivity contribution in [1.82, 2.24) is 0 Å². The molecule has 0 aliphatic rings. The molecule has 0 aliphatic carbocycles. The molecule has 0 N–H and O–H groups in total. The summed E-state index contributed by atoms with van der Waals surface area (Å²) in [5.41, 5.74) is 0. The molecule has 2 atom stereocenters. The average molecular weight is 1020 g/mol. The summed E-state index contributed by atoms with van der Waals surface area (Å²) in [6, 6.07) is 0. The van der Waals surface area contributed by atoms with Crippen LogP contribution in [0.1, 0.15) is 251 Å². The Balaban J connectivity index is 4.17. The first kappa shape index (κ1) is 68.5. The first-order valence-corrected chi connectivity index (χ1v) is 30.6. The minimum Gasteiger partial charge on any atom is -0.756 e. The fraction of sp³-hybridized carbons (Fsp3) is 0.770. The van der Waals surface area contributed by atoms with Crippen LogP contribution in [0.25, 0.3) is 0 Å². The monoisotopic (exact) mass is 1020 g/mol. The summed E-state index contributed by atoms with van der Waals surface area (Å²) in [7, 11) is 1.12. The lowest BCUT2D eigenvalue weighted by Crippen LogP contribution is -2.37. The molecule has 9 nitrogen and oxygen atoms in total. The Kier molecular flexibility index (Phi) is 50.4. The Morgan fingerprint density at radius 2 is 0.803 bits per heavy atom. The van der Waals surface area contributed by atoms with Crippen molar-refractivity contribution in [3.63, 3.8) is 0 Å². The normalized spacial score (nSPS) is 13.8. The zero-order chi connectivity index (χ0) is 52.0. The molecular weight excluding hydrogens is 906 g/mol. The standard InChI is InChI=1S/C61H110NO8P/c1-6-8-10-12-14-16-18-20-22-24-26-27-28-29-30-31-32-33-34-36-37-39-41-43-45-47-49-51-53-60(63)67-57-59(58-69-71(65,66)68-56-55-62(3,4)5)70-61(64)54-52-50-48-46-44-42-40-38-35-25-23-21-19-17-15-13-11-9-7-2/h9,11,15,17,21,23,35,38,42,44,48,50,59H,6-8,10,12-14,16,18-20,22,24-34,36-37,39-41,43,45-47,49,51-58H2,1-5H3/b11-9-,17-15-,23-21-,38-35-,44-42-,50-48-. The molecule has 0 rings (SSSR count). The number of esters is 2. The summed E-state index contributed by atoms with van der Waals surface area (Å²) in [6.45, 7) is 4.06. The summed E-state index contributed by atoms with van der Waals surface area (Å²) in [4.78, 5) is 37.8. The van der Waals surface area contributed by atoms with E-state index < -0.39 is 32.5 Å². The van der Waals surface area contributed by atoms with Gasteiger partial charge in [-0.2, -0.15) is 0 Å². The van der Waals surface area contributed by atoms with Crippen LogP contribution in [0.4, 0.5) is 0 Å². The van der Waals surface area contributed by atoms with Crippen molar-refractivity contribution in [2.24, 2.45) is 0 Å². The highest BCUT2D eigenvalue weighted by Crippen LogP contribution is 2.38. The van der Waals surface area contributed by atoms with Gasteiger partial charge >= 0.3 is 11.9 Å². The third-order valence-corrected chi connectivity index (χ3v) is 13.5. The van der Waals surface area contributed by atoms with Crippen molar-refractivity contribution in [1.29, 1.82) is 0 Å². The lowest BCUT2D eigenvalue weighted by Gasteiger charge is -2.28. The maximum Gasteiger partial charge on any atom is 0.306 e. The maximum atomic E-state index is 12.7. The number of rotatable bonds is 53. The number of hydrogen-bond donors (Lipinski definition) is 0. The van der Waals surface area contributed by atoms with Crippen LogP contribution in [-0.4, -0.2) is 70.0 Å². The van der Waals surface area contributed by atoms with Gasteiger partial charge in [-0.1, -0.05) is 260 Å². The van der Waals surface area contributed by atoms with Crippen LogP contribution in [0.2, 0.25) is 0 Å². The van der Waals surface area contributed by atoms with E-state index in [-0.39, 0.29) is 26.1 Å². The van der Waals surface area contributed by atoms with Crippen molar-refractivity contribution in [3.8, 4) is 0 Å². The van der Waals surface area contributed by atoms with Gasteiger partial charge in [0.25, 0.3) is 7.82 Å². The molecule has 2 unspecified atom stereocenters. The SMILES string of the molecule is CC/C=C\C/C=C\C/C=C\C/C=C\C/C=C\C/C=C\CCC(=O)OC(COC(=O)CCCCCCCCCCCCCCCCCCCCCCCCCCCCCC)COP(=O)([O-])OCC[N+](C)(C)C. The van der Waals surface area contributed by atoms with Gasteiger partial charge in [-0.05, 0) is 51.4 Å². The summed E-state index contributed by atoms with van der Waals surface area (Å²) in [5.74, 6) is -0.926. The fourth-order valence-electron chi connectivity index (χ4n) is 8.04. The second kappa shape index (κ2) is 52.3. The van der Waals surface area contributed by atoms with Crippen molar-refractivity contribution in [2.75, 3.05) is 47.5 Å². The van der Waals surface area contributed by atoms with E-state index in [1.54, 1.807) is 0 Å². The van der Waals surface area contributed by atoms with Gasteiger partial charge in [-0.3, -0.25) is 14.2 Å². The number of quaternary nitrogens is 1. The molecule has 0 aromatic carbocycles. The first-order chi connectivity index (χ1) is 34.5. The Morgan fingerprint density at radius 3 is 1.17 bits per heavy atom. The van der Waals surface area contributed by atoms with E-state index in [0.717, 1.165) is 57.8 Å². The largest absolute Gasteiger partial charge is 0.756 e. The Hall–Kier alpha value is -2.55. The van der Waals surface area contributed by atoms with Gasteiger partial charge in [0.1, 0.15) is 19.8 Å². The number of nitrogens with zero attached hydrogens (tertiary/aromatic N) is 1. The van der Waals surface area contributed by atoms with Crippen molar-refractivity contribution < 1.29 is 42.1 Å². The van der Waals surface area contributed by atoms with Gasteiger partial charge in [0.15, 0.2) is 6.10 Å². The topological polar surface area (TPSA) is 111 Å². The van der Waals surface area contributed by atoms with Crippen molar-refractivity contribution in [3.05, 3.63) is 72.9 Å². The van der Waals surface area contributed by atoms with Gasteiger partial charge in [0.2, 0.25) is 0 Å². The van der Waals surface area contributed by atoms with Gasteiger partial charge in [0.05, 0.1) is 27.7 Å². The lowest BCUT2D eigenvalue weighted by atomic mass is 10.0. The molecule has 0 aromatic heterocycles. The summed E-state index contributed by atoms with van der Waals surface area (Å²) in [6.07, 6.45) is 68.4. The molecule has 10 heteroatoms. The van der Waals surface area contributed by atoms with Crippen LogP contribution in [0.3, 0.4) is 0 Å². The highest BCUT2D eigenvalue weighted by molar-refractivity contribution is 7.45. The molecule has 0 bridgehead atoms. The summed E-state index contributed by atoms with van der Waals surface area (Å²) in [5, 5.41) is 0. The summed E-state index contributed by atoms with van der Waals surface area (Å²) < 4.78 is 34.0. The van der Waals surface area contributed by atoms with Crippen LogP contribution in [0, 0.1) is 0 Å². The molecule has 0 spiro atoms. The molecule has 0 radical (unpaired) electrons. The van der Waals surface area contributed by atoms with E-state index >= 15 is 0 Å². The van der Waals surface area contributed by atoms with E-state index in [2.05, 4.69) is 74.6 Å². The molecule has 0 saturated heterocycles. The number of carbonyl (C=O) groups excluding carboxylic acids is 2. The van der Waals surface area contributed by atoms with Crippen LogP contribution in [0.5, 0.6) is 0 Å². The first-order valence-electron chi connectivity index (χ1n) is 29.1. The molecule has 0 aliphatic heterocycles. The molecule has 412 valence electrons. The number of likely N-dealkylation sites (N-methyl/N-ethyl adjacent to an activating group) is 1. The van der Waals surface area contributed by atoms with Crippen LogP contribution in [-0.2, 0) is 32.7 Å². The molecular formula is C61H110NO8P. The predicted octanol–water partition coefficient (Wildman–Crippen LogP) is 17.5. The quantitative estimate of drug-likeness (QED) is 0.0195. The van der Waals surface area contributed by atoms with E-state index in [1.807, 2.05) is 33.3 Å². The van der Waals surface area contributed by atoms with E-state index in [1.165, 1.54) is 161 Å². The Labute approximate surface area is 438 Å². The lowest BCUT2D eigenvalue weighted by molar-refractivity contribution is -0.870. The number of allylic oxidation sites excluding steroid dienone is 12. The highest BCUT2D eigenvalue weighted by Gasteiger charge is 2.21. The number of unbranched alkanes of at least 4 members (excludes halogenated alkanes) is 27. The van der Waals surface area contributed by atoms with Crippen molar-refractivity contribution in [2.45, 2.75) is 258 Å². The van der Waals surface area contributed by atoms with Crippen LogP contribution >= 0.6 is 7.82 Å². The molecule has 0 heterocycles. The summed E-state index contributed by atoms with van der Waals surface area (Å²) >= 11 is 0. The molecule has 0 fully saturated rings. The average Bonchev–Trinajstić information content (AvgIpc) is 3.33. The smallest absolute Gasteiger partial charge is 0.306 e. The third kappa shape index (κ3) is 56.6. The molecule has 0 saturated carbocycles. The maximum absolute atomic E-state index is 12.7. The van der Waals surface area contributed by atoms with Gasteiger partial charge < -0.3 is 27.9 Å². The van der Waals surface area contributed by atoms with Gasteiger partial charge in [0, 0.05) is 12.8 Å². The zero-order valence-electron chi connectivity index (χ0n) is 46.7. The number of phosphoric acid groups is 1. The molecule has 71 heavy (non-hydrogen) atoms. The fourth-order valence-corrected chi connectivity index (χ4v) is 8.77. The highest BCUT2D eigenvalue weighted by atomic mass is 31.2. The van der Waals surface area contributed by atoms with E-state index in [4.69, 9.17) is 18.5 Å². The zero-order valence-corrected chi connectivity index (χ0v) is 47.6. The third-order valence-electron chi connectivity index (χ3n) is 12.5. The second-order valence-corrected chi connectivity index (χ2v) is 22.0. The number of carbonyl (C=O) groups is 2. The molecule has 0 amide bonds. The second-order valence-electron chi connectivity index (χ2n) is 20.6. The van der Waals surface area contributed by atoms with E-state index in [9.17, 15) is 19.0 Å². The number of phosphoric ester groups is 1. The minimum absolute atomic E-state index is 0.0463. The van der Waals surface area contributed by atoms with Gasteiger partial charge in [-0.25, -0.2) is 0 Å². The minimum atomic E-state index is -4.66. The Bertz CT molecular complexity index is 1430. The number of ether oxygens (including phenoxy) is 2. The predicted molar refractivity (Wildman–Crippen MR) is 300 cm³/mol. The Morgan fingerprint density at radius 1 is 0.451 bits per heavy atom. The van der Waals surface area contributed by atoms with Crippen LogP contribution < -0.4 is 4.89 Å². The van der Waals surface area contributed by atoms with E-state index in [0.29, 0.717) is 17.4 Å². The number of hydrogen-bond acceptors (Lipinski definition) is 8. The van der Waals surface area contributed by atoms with Crippen LogP contribution in [0.15, 0.2) is 72.9 Å². The van der Waals surface area contributed by atoms with Gasteiger partial charge in [-0.15, -0.1) is 0 Å². The molecule has 0 aromatic rings. The van der Waals surface area contributed by atoms with Crippen molar-refractivity contribution >= 4 is 19.8 Å².